The summed E-state index contributed by atoms with van der Waals surface area (Å²) in [5.41, 5.74) is 4.78. The zero-order valence-electron chi connectivity index (χ0n) is 13.4. The van der Waals surface area contributed by atoms with Gasteiger partial charge in [-0.25, -0.2) is 9.07 Å². The largest absolute Gasteiger partial charge is 0.294 e. The number of fused-ring (bicyclic) bond motifs is 1. The molecule has 0 saturated heterocycles. The lowest BCUT2D eigenvalue weighted by atomic mass is 9.81. The first kappa shape index (κ1) is 14.8. The van der Waals surface area contributed by atoms with Crippen LogP contribution in [0.1, 0.15) is 39.5 Å². The van der Waals surface area contributed by atoms with E-state index < -0.39 is 0 Å². The minimum absolute atomic E-state index is 0.123. The third-order valence-electron chi connectivity index (χ3n) is 4.74. The molecule has 2 aromatic carbocycles. The van der Waals surface area contributed by atoms with Gasteiger partial charge in [0, 0.05) is 6.42 Å². The highest BCUT2D eigenvalue weighted by Crippen LogP contribution is 2.34. The van der Waals surface area contributed by atoms with Crippen LogP contribution in [0.2, 0.25) is 0 Å². The summed E-state index contributed by atoms with van der Waals surface area (Å²) >= 11 is 0. The van der Waals surface area contributed by atoms with E-state index in [1.54, 1.807) is 23.0 Å². The van der Waals surface area contributed by atoms with Crippen LogP contribution in [0.4, 0.5) is 4.39 Å². The molecule has 0 aliphatic heterocycles. The van der Waals surface area contributed by atoms with Crippen LogP contribution >= 0.6 is 0 Å². The molecule has 0 radical (unpaired) electrons. The fourth-order valence-corrected chi connectivity index (χ4v) is 3.51. The predicted octanol–water partition coefficient (Wildman–Crippen LogP) is 4.23. The molecule has 0 N–H and O–H groups in total. The second kappa shape index (κ2) is 5.71. The standard InChI is InChI=1S/C20H17FN2O/c1-13-4-2-3-5-17(13)14-10-19-18(20(24)11-14)12-22-23(19)16-8-6-15(21)7-9-16/h2-9,12,14H,10-11H2,1H3/t14-/m1/s1. The molecular weight excluding hydrogens is 303 g/mol. The highest BCUT2D eigenvalue weighted by atomic mass is 19.1. The Bertz CT molecular complexity index is 912. The van der Waals surface area contributed by atoms with Gasteiger partial charge in [0.2, 0.25) is 0 Å². The molecule has 0 bridgehead atoms. The van der Waals surface area contributed by atoms with Gasteiger partial charge in [0.1, 0.15) is 5.82 Å². The molecule has 0 unspecified atom stereocenters. The molecule has 1 atom stereocenters. The number of carbonyl (C=O) groups is 1. The Balaban J connectivity index is 1.76. The van der Waals surface area contributed by atoms with Gasteiger partial charge in [0.05, 0.1) is 23.1 Å². The van der Waals surface area contributed by atoms with Gasteiger partial charge >= 0.3 is 0 Å². The maximum atomic E-state index is 13.2. The number of benzene rings is 2. The quantitative estimate of drug-likeness (QED) is 0.708. The Kier molecular flexibility index (Phi) is 3.53. The fourth-order valence-electron chi connectivity index (χ4n) is 3.51. The van der Waals surface area contributed by atoms with Crippen molar-refractivity contribution in [1.29, 1.82) is 0 Å². The fraction of sp³-hybridized carbons (Fsp3) is 0.200. The highest BCUT2D eigenvalue weighted by molar-refractivity contribution is 5.98. The number of aromatic nitrogens is 2. The minimum Gasteiger partial charge on any atom is -0.294 e. The lowest BCUT2D eigenvalue weighted by Crippen LogP contribution is -2.20. The van der Waals surface area contributed by atoms with Crippen molar-refractivity contribution in [3.63, 3.8) is 0 Å². The maximum Gasteiger partial charge on any atom is 0.166 e. The van der Waals surface area contributed by atoms with E-state index in [4.69, 9.17) is 0 Å². The summed E-state index contributed by atoms with van der Waals surface area (Å²) < 4.78 is 14.9. The molecule has 1 heterocycles. The normalized spacial score (nSPS) is 16.9. The van der Waals surface area contributed by atoms with Crippen LogP contribution in [0.15, 0.2) is 54.7 Å². The van der Waals surface area contributed by atoms with Gasteiger partial charge in [-0.2, -0.15) is 5.10 Å². The highest BCUT2D eigenvalue weighted by Gasteiger charge is 2.30. The second-order valence-corrected chi connectivity index (χ2v) is 6.28. The zero-order chi connectivity index (χ0) is 16.7. The lowest BCUT2D eigenvalue weighted by molar-refractivity contribution is 0.0963. The SMILES string of the molecule is Cc1ccccc1[C@H]1CC(=O)c2cnn(-c3ccc(F)cc3)c2C1. The number of Topliss-reactive ketones (excluding diaryl/α,β-unsaturated/α-hetero) is 1. The molecule has 0 fully saturated rings. The van der Waals surface area contributed by atoms with Gasteiger partial charge in [0.15, 0.2) is 5.78 Å². The molecule has 1 aliphatic rings. The number of ketones is 1. The summed E-state index contributed by atoms with van der Waals surface area (Å²) in [6.07, 6.45) is 2.89. The van der Waals surface area contributed by atoms with Crippen LogP contribution in [0.3, 0.4) is 0 Å². The molecule has 0 saturated carbocycles. The van der Waals surface area contributed by atoms with Crippen molar-refractivity contribution in [2.45, 2.75) is 25.7 Å². The Morgan fingerprint density at radius 1 is 1.08 bits per heavy atom. The number of halogens is 1. The van der Waals surface area contributed by atoms with Crippen LogP contribution in [0.25, 0.3) is 5.69 Å². The van der Waals surface area contributed by atoms with Crippen molar-refractivity contribution in [1.82, 2.24) is 9.78 Å². The molecule has 1 aromatic heterocycles. The first-order valence-electron chi connectivity index (χ1n) is 8.05. The van der Waals surface area contributed by atoms with Crippen molar-refractivity contribution in [3.8, 4) is 5.69 Å². The Labute approximate surface area is 139 Å². The molecule has 24 heavy (non-hydrogen) atoms. The summed E-state index contributed by atoms with van der Waals surface area (Å²) in [5, 5.41) is 4.37. The third kappa shape index (κ3) is 2.44. The molecule has 4 rings (SSSR count). The van der Waals surface area contributed by atoms with Crippen molar-refractivity contribution in [3.05, 3.63) is 82.9 Å². The van der Waals surface area contributed by atoms with Crippen molar-refractivity contribution in [2.75, 3.05) is 0 Å². The van der Waals surface area contributed by atoms with Crippen molar-refractivity contribution >= 4 is 5.78 Å². The second-order valence-electron chi connectivity index (χ2n) is 6.28. The first-order valence-corrected chi connectivity index (χ1v) is 8.05. The van der Waals surface area contributed by atoms with E-state index >= 15 is 0 Å². The molecule has 1 aliphatic carbocycles. The van der Waals surface area contributed by atoms with Crippen LogP contribution in [0.5, 0.6) is 0 Å². The van der Waals surface area contributed by atoms with E-state index in [2.05, 4.69) is 24.2 Å². The topological polar surface area (TPSA) is 34.9 Å². The molecule has 0 amide bonds. The Morgan fingerprint density at radius 3 is 2.58 bits per heavy atom. The van der Waals surface area contributed by atoms with E-state index in [9.17, 15) is 9.18 Å². The van der Waals surface area contributed by atoms with Crippen molar-refractivity contribution in [2.24, 2.45) is 0 Å². The number of hydrogen-bond acceptors (Lipinski definition) is 2. The summed E-state index contributed by atoms with van der Waals surface area (Å²) in [6, 6.07) is 14.4. The van der Waals surface area contributed by atoms with E-state index in [0.29, 0.717) is 12.0 Å². The summed E-state index contributed by atoms with van der Waals surface area (Å²) in [5.74, 6) is -0.00593. The van der Waals surface area contributed by atoms with Gasteiger partial charge in [-0.1, -0.05) is 24.3 Å². The lowest BCUT2D eigenvalue weighted by Gasteiger charge is -2.24. The number of aryl methyl sites for hydroxylation is 1. The number of nitrogens with zero attached hydrogens (tertiary/aromatic N) is 2. The van der Waals surface area contributed by atoms with E-state index in [0.717, 1.165) is 17.8 Å². The van der Waals surface area contributed by atoms with Gasteiger partial charge in [-0.3, -0.25) is 4.79 Å². The van der Waals surface area contributed by atoms with Crippen LogP contribution in [-0.4, -0.2) is 15.6 Å². The average Bonchev–Trinajstić information content (AvgIpc) is 3.00. The number of carbonyl (C=O) groups excluding carboxylic acids is 1. The summed E-state index contributed by atoms with van der Waals surface area (Å²) in [6.45, 7) is 2.08. The minimum atomic E-state index is -0.284. The number of hydrogen-bond donors (Lipinski definition) is 0. The van der Waals surface area contributed by atoms with Gasteiger partial charge in [-0.05, 0) is 54.7 Å². The van der Waals surface area contributed by atoms with E-state index in [1.165, 1.54) is 23.3 Å². The average molecular weight is 320 g/mol. The maximum absolute atomic E-state index is 13.2. The molecule has 3 nitrogen and oxygen atoms in total. The molecule has 0 spiro atoms. The molecule has 3 aromatic rings. The summed E-state index contributed by atoms with van der Waals surface area (Å²) in [4.78, 5) is 12.6. The van der Waals surface area contributed by atoms with E-state index in [-0.39, 0.29) is 17.5 Å². The zero-order valence-corrected chi connectivity index (χ0v) is 13.4. The van der Waals surface area contributed by atoms with Gasteiger partial charge in [-0.15, -0.1) is 0 Å². The number of rotatable bonds is 2. The Morgan fingerprint density at radius 2 is 1.83 bits per heavy atom. The molecular formula is C20H17FN2O. The Hall–Kier alpha value is -2.75. The predicted molar refractivity (Wildman–Crippen MR) is 90.1 cm³/mol. The molecule has 120 valence electrons. The van der Waals surface area contributed by atoms with E-state index in [1.807, 2.05) is 12.1 Å². The van der Waals surface area contributed by atoms with Gasteiger partial charge in [0.25, 0.3) is 0 Å². The van der Waals surface area contributed by atoms with Crippen molar-refractivity contribution < 1.29 is 9.18 Å². The monoisotopic (exact) mass is 320 g/mol. The molecule has 4 heteroatoms. The van der Waals surface area contributed by atoms with Gasteiger partial charge < -0.3 is 0 Å². The summed E-state index contributed by atoms with van der Waals surface area (Å²) in [7, 11) is 0. The smallest absolute Gasteiger partial charge is 0.166 e. The van der Waals surface area contributed by atoms with Crippen LogP contribution in [-0.2, 0) is 6.42 Å². The van der Waals surface area contributed by atoms with Crippen LogP contribution in [0, 0.1) is 12.7 Å². The van der Waals surface area contributed by atoms with Crippen LogP contribution < -0.4 is 0 Å². The third-order valence-corrected chi connectivity index (χ3v) is 4.74. The first-order chi connectivity index (χ1) is 11.6.